The topological polar surface area (TPSA) is 50.1 Å². The highest BCUT2D eigenvalue weighted by Crippen LogP contribution is 2.19. The van der Waals surface area contributed by atoms with E-state index in [9.17, 15) is 9.50 Å². The lowest BCUT2D eigenvalue weighted by molar-refractivity contribution is 0.174. The van der Waals surface area contributed by atoms with E-state index in [1.165, 1.54) is 12.1 Å². The third-order valence-electron chi connectivity index (χ3n) is 2.73. The zero-order valence-corrected chi connectivity index (χ0v) is 11.2. The van der Waals surface area contributed by atoms with Gasteiger partial charge in [0.15, 0.2) is 0 Å². The molecule has 2 N–H and O–H groups in total. The lowest BCUT2D eigenvalue weighted by atomic mass is 10.1. The number of aliphatic hydroxyl groups is 1. The Hall–Kier alpha value is -1.43. The average Bonchev–Trinajstić information content (AvgIpc) is 2.78. The number of hydrogen-bond acceptors (Lipinski definition) is 3. The summed E-state index contributed by atoms with van der Waals surface area (Å²) in [5, 5.41) is 13.0. The summed E-state index contributed by atoms with van der Waals surface area (Å²) in [7, 11) is 1.89. The molecule has 1 aromatic heterocycles. The van der Waals surface area contributed by atoms with Crippen LogP contribution in [0.15, 0.2) is 30.7 Å². The molecule has 0 saturated carbocycles. The van der Waals surface area contributed by atoms with E-state index in [4.69, 9.17) is 11.6 Å². The van der Waals surface area contributed by atoms with Crippen molar-refractivity contribution in [3.05, 3.63) is 52.8 Å². The van der Waals surface area contributed by atoms with Gasteiger partial charge in [-0.2, -0.15) is 0 Å². The van der Waals surface area contributed by atoms with E-state index in [2.05, 4.69) is 10.3 Å². The highest BCUT2D eigenvalue weighted by Gasteiger charge is 2.10. The summed E-state index contributed by atoms with van der Waals surface area (Å²) in [6.45, 7) is 0.867. The zero-order valence-electron chi connectivity index (χ0n) is 10.5. The Labute approximate surface area is 115 Å². The van der Waals surface area contributed by atoms with Crippen molar-refractivity contribution in [3.63, 3.8) is 0 Å². The molecule has 1 aromatic carbocycles. The van der Waals surface area contributed by atoms with E-state index < -0.39 is 11.9 Å². The van der Waals surface area contributed by atoms with E-state index in [1.807, 2.05) is 17.8 Å². The minimum atomic E-state index is -0.782. The Morgan fingerprint density at radius 3 is 2.95 bits per heavy atom. The van der Waals surface area contributed by atoms with Crippen molar-refractivity contribution in [1.82, 2.24) is 14.9 Å². The molecule has 0 aliphatic carbocycles. The van der Waals surface area contributed by atoms with Crippen molar-refractivity contribution in [2.75, 3.05) is 6.54 Å². The van der Waals surface area contributed by atoms with E-state index in [-0.39, 0.29) is 5.02 Å². The van der Waals surface area contributed by atoms with Gasteiger partial charge in [0.1, 0.15) is 5.82 Å². The molecule has 0 radical (unpaired) electrons. The van der Waals surface area contributed by atoms with Gasteiger partial charge in [-0.25, -0.2) is 9.37 Å². The molecule has 4 nitrogen and oxygen atoms in total. The second kappa shape index (κ2) is 6.14. The standard InChI is InChI=1S/C13H15ClFN3O/c1-18-7-10(17-8-18)5-16-6-13(19)9-2-3-11(14)12(15)4-9/h2-4,7-8,13,16,19H,5-6H2,1H3. The van der Waals surface area contributed by atoms with E-state index in [0.29, 0.717) is 18.7 Å². The number of aromatic nitrogens is 2. The van der Waals surface area contributed by atoms with E-state index >= 15 is 0 Å². The Morgan fingerprint density at radius 2 is 2.32 bits per heavy atom. The molecule has 6 heteroatoms. The van der Waals surface area contributed by atoms with Crippen LogP contribution in [0.3, 0.4) is 0 Å². The van der Waals surface area contributed by atoms with Crippen LogP contribution in [0.25, 0.3) is 0 Å². The van der Waals surface area contributed by atoms with Crippen molar-refractivity contribution in [3.8, 4) is 0 Å². The molecule has 1 heterocycles. The fourth-order valence-corrected chi connectivity index (χ4v) is 1.85. The maximum Gasteiger partial charge on any atom is 0.142 e. The average molecular weight is 284 g/mol. The molecule has 1 unspecified atom stereocenters. The number of benzene rings is 1. The number of nitrogens with zero attached hydrogens (tertiary/aromatic N) is 2. The Kier molecular flexibility index (Phi) is 4.52. The van der Waals surface area contributed by atoms with Crippen molar-refractivity contribution in [2.24, 2.45) is 7.05 Å². The van der Waals surface area contributed by atoms with Crippen molar-refractivity contribution >= 4 is 11.6 Å². The monoisotopic (exact) mass is 283 g/mol. The van der Waals surface area contributed by atoms with Gasteiger partial charge in [0, 0.05) is 26.3 Å². The quantitative estimate of drug-likeness (QED) is 0.883. The summed E-state index contributed by atoms with van der Waals surface area (Å²) in [5.74, 6) is -0.525. The third-order valence-corrected chi connectivity index (χ3v) is 3.04. The third kappa shape index (κ3) is 3.76. The largest absolute Gasteiger partial charge is 0.387 e. The first-order valence-corrected chi connectivity index (χ1v) is 6.24. The molecule has 0 aliphatic heterocycles. The summed E-state index contributed by atoms with van der Waals surface area (Å²) in [6.07, 6.45) is 2.82. The molecule has 0 saturated heterocycles. The first-order chi connectivity index (χ1) is 9.06. The lowest BCUT2D eigenvalue weighted by Gasteiger charge is -2.12. The van der Waals surface area contributed by atoms with Gasteiger partial charge in [-0.05, 0) is 17.7 Å². The smallest absolute Gasteiger partial charge is 0.142 e. The number of nitrogens with one attached hydrogen (secondary N) is 1. The molecule has 0 amide bonds. The van der Waals surface area contributed by atoms with Crippen LogP contribution in [0.4, 0.5) is 4.39 Å². The second-order valence-electron chi connectivity index (χ2n) is 4.35. The fourth-order valence-electron chi connectivity index (χ4n) is 1.73. The summed E-state index contributed by atoms with van der Waals surface area (Å²) in [6, 6.07) is 4.29. The Balaban J connectivity index is 1.86. The van der Waals surface area contributed by atoms with Crippen LogP contribution in [0.5, 0.6) is 0 Å². The van der Waals surface area contributed by atoms with Crippen LogP contribution in [0, 0.1) is 5.82 Å². The van der Waals surface area contributed by atoms with Crippen molar-refractivity contribution < 1.29 is 9.50 Å². The van der Waals surface area contributed by atoms with Crippen LogP contribution in [0.1, 0.15) is 17.4 Å². The Bertz CT molecular complexity index is 559. The highest BCUT2D eigenvalue weighted by atomic mass is 35.5. The molecule has 2 rings (SSSR count). The van der Waals surface area contributed by atoms with Gasteiger partial charge in [-0.3, -0.25) is 0 Å². The van der Waals surface area contributed by atoms with Crippen LogP contribution >= 0.6 is 11.6 Å². The maximum absolute atomic E-state index is 13.3. The number of aryl methyl sites for hydroxylation is 1. The fraction of sp³-hybridized carbons (Fsp3) is 0.308. The molecule has 0 spiro atoms. The number of aliphatic hydroxyl groups excluding tert-OH is 1. The number of halogens is 2. The number of hydrogen-bond donors (Lipinski definition) is 2. The van der Waals surface area contributed by atoms with Crippen LogP contribution in [-0.4, -0.2) is 21.2 Å². The lowest BCUT2D eigenvalue weighted by Crippen LogP contribution is -2.21. The van der Waals surface area contributed by atoms with Crippen LogP contribution in [0.2, 0.25) is 5.02 Å². The molecule has 1 atom stereocenters. The number of imidazole rings is 1. The van der Waals surface area contributed by atoms with Crippen molar-refractivity contribution in [1.29, 1.82) is 0 Å². The minimum Gasteiger partial charge on any atom is -0.387 e. The molecule has 0 aliphatic rings. The van der Waals surface area contributed by atoms with Gasteiger partial charge in [-0.15, -0.1) is 0 Å². The summed E-state index contributed by atoms with van der Waals surface area (Å²) >= 11 is 5.59. The predicted molar refractivity (Wildman–Crippen MR) is 71.3 cm³/mol. The summed E-state index contributed by atoms with van der Waals surface area (Å²) < 4.78 is 15.1. The first kappa shape index (κ1) is 14.0. The Morgan fingerprint density at radius 1 is 1.53 bits per heavy atom. The minimum absolute atomic E-state index is 0.0531. The predicted octanol–water partition coefficient (Wildman–Crippen LogP) is 2.04. The first-order valence-electron chi connectivity index (χ1n) is 5.87. The van der Waals surface area contributed by atoms with Crippen molar-refractivity contribution in [2.45, 2.75) is 12.6 Å². The SMILES string of the molecule is Cn1cnc(CNCC(O)c2ccc(Cl)c(F)c2)c1. The van der Waals surface area contributed by atoms with Crippen LogP contribution < -0.4 is 5.32 Å². The molecule has 19 heavy (non-hydrogen) atoms. The molecule has 2 aromatic rings. The molecule has 102 valence electrons. The van der Waals surface area contributed by atoms with Gasteiger partial charge in [-0.1, -0.05) is 17.7 Å². The van der Waals surface area contributed by atoms with Crippen LogP contribution in [-0.2, 0) is 13.6 Å². The van der Waals surface area contributed by atoms with Gasteiger partial charge in [0.05, 0.1) is 23.1 Å². The summed E-state index contributed by atoms with van der Waals surface area (Å²) in [5.41, 5.74) is 1.38. The van der Waals surface area contributed by atoms with E-state index in [0.717, 1.165) is 5.69 Å². The van der Waals surface area contributed by atoms with Gasteiger partial charge in [0.25, 0.3) is 0 Å². The summed E-state index contributed by atoms with van der Waals surface area (Å²) in [4.78, 5) is 4.15. The normalized spacial score (nSPS) is 12.6. The zero-order chi connectivity index (χ0) is 13.8. The maximum atomic E-state index is 13.3. The second-order valence-corrected chi connectivity index (χ2v) is 4.76. The highest BCUT2D eigenvalue weighted by molar-refractivity contribution is 6.30. The van der Waals surface area contributed by atoms with Gasteiger partial charge >= 0.3 is 0 Å². The molecular formula is C13H15ClFN3O. The van der Waals surface area contributed by atoms with Gasteiger partial charge in [0.2, 0.25) is 0 Å². The molecular weight excluding hydrogens is 269 g/mol. The molecule has 0 fully saturated rings. The van der Waals surface area contributed by atoms with Gasteiger partial charge < -0.3 is 15.0 Å². The van der Waals surface area contributed by atoms with E-state index in [1.54, 1.807) is 12.4 Å². The molecule has 0 bridgehead atoms. The number of rotatable bonds is 5.